The van der Waals surface area contributed by atoms with Gasteiger partial charge in [-0.15, -0.1) is 0 Å². The van der Waals surface area contributed by atoms with Crippen LogP contribution in [0.5, 0.6) is 11.5 Å². The second kappa shape index (κ2) is 8.07. The number of hydrogen-bond donors (Lipinski definition) is 1. The zero-order valence-electron chi connectivity index (χ0n) is 18.5. The van der Waals surface area contributed by atoms with Gasteiger partial charge >= 0.3 is 0 Å². The first-order valence-electron chi connectivity index (χ1n) is 12.0. The van der Waals surface area contributed by atoms with E-state index in [1.165, 1.54) is 49.7 Å². The van der Waals surface area contributed by atoms with Crippen LogP contribution in [0.1, 0.15) is 63.5 Å². The maximum atomic E-state index is 13.0. The van der Waals surface area contributed by atoms with E-state index in [0.29, 0.717) is 19.8 Å². The van der Waals surface area contributed by atoms with Gasteiger partial charge in [0, 0.05) is 18.6 Å². The van der Waals surface area contributed by atoms with Crippen molar-refractivity contribution in [3.63, 3.8) is 0 Å². The lowest BCUT2D eigenvalue weighted by molar-refractivity contribution is -0.128. The van der Waals surface area contributed by atoms with E-state index in [1.54, 1.807) is 0 Å². The predicted octanol–water partition coefficient (Wildman–Crippen LogP) is 3.93. The minimum Gasteiger partial charge on any atom is -0.490 e. The van der Waals surface area contributed by atoms with Crippen LogP contribution < -0.4 is 14.8 Å². The number of nitrogens with one attached hydrogen (secondary N) is 1. The summed E-state index contributed by atoms with van der Waals surface area (Å²) in [5.74, 6) is 4.44. The summed E-state index contributed by atoms with van der Waals surface area (Å²) in [7, 11) is 0. The smallest absolute Gasteiger partial charge is 0.234 e. The number of benzene rings is 1. The van der Waals surface area contributed by atoms with Gasteiger partial charge in [-0.25, -0.2) is 0 Å². The molecule has 6 rings (SSSR count). The van der Waals surface area contributed by atoms with Crippen molar-refractivity contribution >= 4 is 5.91 Å². The van der Waals surface area contributed by atoms with E-state index in [2.05, 4.69) is 22.3 Å². The van der Waals surface area contributed by atoms with E-state index >= 15 is 0 Å². The fourth-order valence-corrected chi connectivity index (χ4v) is 7.10. The SMILES string of the molecule is CCOc1cc2c(cc1OCC)CN(CC(=O)NC13CC4CC(CC(C4)C1)C3)CC2. The Hall–Kier alpha value is -1.75. The molecule has 0 radical (unpaired) electrons. The van der Waals surface area contributed by atoms with Gasteiger partial charge in [-0.05, 0) is 99.8 Å². The number of fused-ring (bicyclic) bond motifs is 1. The summed E-state index contributed by atoms with van der Waals surface area (Å²) in [6.07, 6.45) is 8.81. The van der Waals surface area contributed by atoms with Gasteiger partial charge in [0.2, 0.25) is 5.91 Å². The number of ether oxygens (including phenoxy) is 2. The molecule has 1 aromatic carbocycles. The summed E-state index contributed by atoms with van der Waals surface area (Å²) in [6, 6.07) is 4.25. The molecule has 30 heavy (non-hydrogen) atoms. The van der Waals surface area contributed by atoms with Crippen LogP contribution in [0, 0.1) is 17.8 Å². The Morgan fingerprint density at radius 2 is 1.57 bits per heavy atom. The third kappa shape index (κ3) is 3.93. The number of carbonyl (C=O) groups is 1. The zero-order chi connectivity index (χ0) is 20.7. The Balaban J connectivity index is 1.23. The number of hydrogen-bond acceptors (Lipinski definition) is 4. The first-order chi connectivity index (χ1) is 14.6. The molecular formula is C25H36N2O3. The highest BCUT2D eigenvalue weighted by Gasteiger charge is 2.51. The van der Waals surface area contributed by atoms with Crippen molar-refractivity contribution in [1.82, 2.24) is 10.2 Å². The van der Waals surface area contributed by atoms with E-state index in [1.807, 2.05) is 13.8 Å². The molecule has 4 aliphatic carbocycles. The number of nitrogens with zero attached hydrogens (tertiary/aromatic N) is 1. The second-order valence-electron chi connectivity index (χ2n) is 10.1. The molecule has 5 nitrogen and oxygen atoms in total. The van der Waals surface area contributed by atoms with Crippen molar-refractivity contribution in [2.75, 3.05) is 26.3 Å². The standard InChI is InChI=1S/C25H36N2O3/c1-3-29-22-10-20-5-6-27(15-21(20)11-23(22)30-4-2)16-24(28)26-25-12-17-7-18(13-25)9-19(8-17)14-25/h10-11,17-19H,3-9,12-16H2,1-2H3,(H,26,28). The summed E-state index contributed by atoms with van der Waals surface area (Å²) < 4.78 is 11.6. The second-order valence-corrected chi connectivity index (χ2v) is 10.1. The lowest BCUT2D eigenvalue weighted by Gasteiger charge is -2.57. The highest BCUT2D eigenvalue weighted by Crippen LogP contribution is 2.55. The minimum atomic E-state index is 0.105. The molecule has 164 valence electrons. The van der Waals surface area contributed by atoms with Gasteiger partial charge in [-0.3, -0.25) is 9.69 Å². The number of amides is 1. The number of carbonyl (C=O) groups excluding carboxylic acids is 1. The predicted molar refractivity (Wildman–Crippen MR) is 117 cm³/mol. The van der Waals surface area contributed by atoms with Gasteiger partial charge in [0.1, 0.15) is 0 Å². The van der Waals surface area contributed by atoms with E-state index < -0.39 is 0 Å². The highest BCUT2D eigenvalue weighted by atomic mass is 16.5. The minimum absolute atomic E-state index is 0.105. The summed E-state index contributed by atoms with van der Waals surface area (Å²) >= 11 is 0. The van der Waals surface area contributed by atoms with Crippen LogP contribution in [0.4, 0.5) is 0 Å². The first-order valence-corrected chi connectivity index (χ1v) is 12.0. The molecule has 0 saturated heterocycles. The van der Waals surface area contributed by atoms with Gasteiger partial charge in [0.25, 0.3) is 0 Å². The lowest BCUT2D eigenvalue weighted by atomic mass is 9.53. The van der Waals surface area contributed by atoms with Crippen molar-refractivity contribution in [3.8, 4) is 11.5 Å². The third-order valence-electron chi connectivity index (χ3n) is 7.77. The van der Waals surface area contributed by atoms with Crippen molar-refractivity contribution in [1.29, 1.82) is 0 Å². The topological polar surface area (TPSA) is 50.8 Å². The Morgan fingerprint density at radius 1 is 1.00 bits per heavy atom. The maximum Gasteiger partial charge on any atom is 0.234 e. The summed E-state index contributed by atoms with van der Waals surface area (Å²) in [5, 5.41) is 3.53. The lowest BCUT2D eigenvalue weighted by Crippen LogP contribution is -2.61. The van der Waals surface area contributed by atoms with E-state index in [-0.39, 0.29) is 11.4 Å². The Morgan fingerprint density at radius 3 is 2.13 bits per heavy atom. The average molecular weight is 413 g/mol. The quantitative estimate of drug-likeness (QED) is 0.737. The van der Waals surface area contributed by atoms with Gasteiger partial charge < -0.3 is 14.8 Å². The highest BCUT2D eigenvalue weighted by molar-refractivity contribution is 5.79. The van der Waals surface area contributed by atoms with Crippen LogP contribution in [0.25, 0.3) is 0 Å². The molecular weight excluding hydrogens is 376 g/mol. The molecule has 0 unspecified atom stereocenters. The molecule has 4 bridgehead atoms. The largest absolute Gasteiger partial charge is 0.490 e. The molecule has 4 saturated carbocycles. The molecule has 5 heteroatoms. The Kier molecular flexibility index (Phi) is 5.42. The molecule has 1 aliphatic heterocycles. The Labute approximate surface area is 180 Å². The van der Waals surface area contributed by atoms with Gasteiger partial charge in [0.05, 0.1) is 19.8 Å². The molecule has 4 fully saturated rings. The van der Waals surface area contributed by atoms with Gasteiger partial charge in [-0.2, -0.15) is 0 Å². The normalized spacial score (nSPS) is 32.0. The average Bonchev–Trinajstić information content (AvgIpc) is 2.67. The van der Waals surface area contributed by atoms with E-state index in [0.717, 1.165) is 48.8 Å². The molecule has 1 amide bonds. The summed E-state index contributed by atoms with van der Waals surface area (Å²) in [6.45, 7) is 7.47. The van der Waals surface area contributed by atoms with Crippen molar-refractivity contribution in [2.45, 2.75) is 70.9 Å². The van der Waals surface area contributed by atoms with Crippen LogP contribution in [-0.4, -0.2) is 42.6 Å². The monoisotopic (exact) mass is 412 g/mol. The van der Waals surface area contributed by atoms with Gasteiger partial charge in [0.15, 0.2) is 11.5 Å². The summed E-state index contributed by atoms with van der Waals surface area (Å²) in [4.78, 5) is 15.3. The van der Waals surface area contributed by atoms with Crippen molar-refractivity contribution in [2.24, 2.45) is 17.8 Å². The van der Waals surface area contributed by atoms with Crippen molar-refractivity contribution < 1.29 is 14.3 Å². The summed E-state index contributed by atoms with van der Waals surface area (Å²) in [5.41, 5.74) is 2.68. The van der Waals surface area contributed by atoms with Crippen LogP contribution in [-0.2, 0) is 17.8 Å². The maximum absolute atomic E-state index is 13.0. The number of rotatable bonds is 7. The molecule has 5 aliphatic rings. The van der Waals surface area contributed by atoms with Crippen LogP contribution in [0.2, 0.25) is 0 Å². The Bertz CT molecular complexity index is 771. The van der Waals surface area contributed by atoms with Crippen LogP contribution in [0.3, 0.4) is 0 Å². The molecule has 1 heterocycles. The fraction of sp³-hybridized carbons (Fsp3) is 0.720. The van der Waals surface area contributed by atoms with Crippen LogP contribution in [0.15, 0.2) is 12.1 Å². The molecule has 0 spiro atoms. The molecule has 1 aromatic rings. The first kappa shape index (κ1) is 20.2. The third-order valence-corrected chi connectivity index (χ3v) is 7.77. The van der Waals surface area contributed by atoms with E-state index in [4.69, 9.17) is 9.47 Å². The van der Waals surface area contributed by atoms with E-state index in [9.17, 15) is 4.79 Å². The molecule has 1 N–H and O–H groups in total. The van der Waals surface area contributed by atoms with Crippen molar-refractivity contribution in [3.05, 3.63) is 23.3 Å². The van der Waals surface area contributed by atoms with Crippen LogP contribution >= 0.6 is 0 Å². The molecule has 0 atom stereocenters. The molecule has 0 aromatic heterocycles. The fourth-order valence-electron chi connectivity index (χ4n) is 7.10. The zero-order valence-corrected chi connectivity index (χ0v) is 18.5. The van der Waals surface area contributed by atoms with Gasteiger partial charge in [-0.1, -0.05) is 0 Å².